The van der Waals surface area contributed by atoms with Crippen LogP contribution in [0, 0.1) is 29.6 Å². The first-order chi connectivity index (χ1) is 9.15. The van der Waals surface area contributed by atoms with E-state index in [2.05, 4.69) is 13.8 Å². The van der Waals surface area contributed by atoms with Gasteiger partial charge in [0.05, 0.1) is 0 Å². The Hall–Kier alpha value is -0.330. The fourth-order valence-corrected chi connectivity index (χ4v) is 4.76. The van der Waals surface area contributed by atoms with Gasteiger partial charge >= 0.3 is 0 Å². The maximum absolute atomic E-state index is 11.8. The van der Waals surface area contributed by atoms with Gasteiger partial charge in [0.1, 0.15) is 5.78 Å². The highest BCUT2D eigenvalue weighted by Gasteiger charge is 2.35. The number of hydrogen-bond donors (Lipinski definition) is 0. The average molecular weight is 264 g/mol. The molecule has 0 N–H and O–H groups in total. The summed E-state index contributed by atoms with van der Waals surface area (Å²) in [6.45, 7) is 6.84. The highest BCUT2D eigenvalue weighted by Crippen LogP contribution is 2.44. The number of carbonyl (C=O) groups excluding carboxylic acids is 1. The third-order valence-corrected chi connectivity index (χ3v) is 6.10. The first-order valence-corrected chi connectivity index (χ1v) is 8.68. The van der Waals surface area contributed by atoms with E-state index in [9.17, 15) is 4.79 Å². The molecule has 2 rings (SSSR count). The van der Waals surface area contributed by atoms with Gasteiger partial charge in [-0.1, -0.05) is 33.6 Å². The van der Waals surface area contributed by atoms with Crippen molar-refractivity contribution >= 4 is 5.78 Å². The van der Waals surface area contributed by atoms with E-state index in [-0.39, 0.29) is 0 Å². The van der Waals surface area contributed by atoms with Crippen molar-refractivity contribution in [3.8, 4) is 0 Å². The lowest BCUT2D eigenvalue weighted by Crippen LogP contribution is -2.32. The Morgan fingerprint density at radius 2 is 1.68 bits per heavy atom. The van der Waals surface area contributed by atoms with E-state index in [1.165, 1.54) is 51.4 Å². The van der Waals surface area contributed by atoms with Gasteiger partial charge in [-0.2, -0.15) is 0 Å². The first kappa shape index (κ1) is 15.1. The van der Waals surface area contributed by atoms with Crippen LogP contribution in [-0.4, -0.2) is 5.78 Å². The second kappa shape index (κ2) is 6.90. The Bertz CT molecular complexity index is 288. The number of ketones is 1. The molecule has 3 unspecified atom stereocenters. The molecule has 0 spiro atoms. The molecule has 3 atom stereocenters. The topological polar surface area (TPSA) is 17.1 Å². The second-order valence-corrected chi connectivity index (χ2v) is 7.16. The minimum atomic E-state index is 0.406. The van der Waals surface area contributed by atoms with E-state index in [0.29, 0.717) is 11.7 Å². The predicted octanol–water partition coefficient (Wildman–Crippen LogP) is 5.23. The largest absolute Gasteiger partial charge is 0.299 e. The maximum atomic E-state index is 11.8. The van der Waals surface area contributed by atoms with Crippen molar-refractivity contribution in [3.63, 3.8) is 0 Å². The van der Waals surface area contributed by atoms with Crippen LogP contribution in [0.3, 0.4) is 0 Å². The molecule has 0 bridgehead atoms. The molecule has 2 saturated carbocycles. The van der Waals surface area contributed by atoms with Crippen LogP contribution in [-0.2, 0) is 4.79 Å². The van der Waals surface area contributed by atoms with Crippen LogP contribution in [0.15, 0.2) is 0 Å². The van der Waals surface area contributed by atoms with Crippen LogP contribution in [0.4, 0.5) is 0 Å². The summed E-state index contributed by atoms with van der Waals surface area (Å²) >= 11 is 0. The molecule has 0 heterocycles. The summed E-state index contributed by atoms with van der Waals surface area (Å²) in [6, 6.07) is 0. The van der Waals surface area contributed by atoms with E-state index in [1.807, 2.05) is 6.92 Å². The molecule has 2 aliphatic carbocycles. The van der Waals surface area contributed by atoms with Gasteiger partial charge in [0.2, 0.25) is 0 Å². The van der Waals surface area contributed by atoms with Crippen molar-refractivity contribution in [1.29, 1.82) is 0 Å². The lowest BCUT2D eigenvalue weighted by Gasteiger charge is -2.41. The molecule has 0 aromatic heterocycles. The summed E-state index contributed by atoms with van der Waals surface area (Å²) < 4.78 is 0. The van der Waals surface area contributed by atoms with Crippen molar-refractivity contribution in [2.75, 3.05) is 0 Å². The minimum absolute atomic E-state index is 0.406. The zero-order valence-corrected chi connectivity index (χ0v) is 13.2. The molecule has 1 heteroatoms. The van der Waals surface area contributed by atoms with Gasteiger partial charge in [0, 0.05) is 12.3 Å². The van der Waals surface area contributed by atoms with Gasteiger partial charge in [-0.15, -0.1) is 0 Å². The monoisotopic (exact) mass is 264 g/mol. The molecule has 0 aliphatic heterocycles. The summed E-state index contributed by atoms with van der Waals surface area (Å²) in [4.78, 5) is 11.8. The molecule has 0 amide bonds. The zero-order valence-electron chi connectivity index (χ0n) is 13.2. The van der Waals surface area contributed by atoms with E-state index in [4.69, 9.17) is 0 Å². The molecular formula is C18H32O. The lowest BCUT2D eigenvalue weighted by atomic mass is 9.64. The van der Waals surface area contributed by atoms with Gasteiger partial charge in [0.25, 0.3) is 0 Å². The zero-order chi connectivity index (χ0) is 13.8. The molecular weight excluding hydrogens is 232 g/mol. The van der Waals surface area contributed by atoms with Gasteiger partial charge in [-0.05, 0) is 62.2 Å². The van der Waals surface area contributed by atoms with Gasteiger partial charge in [0.15, 0.2) is 0 Å². The molecule has 1 nitrogen and oxygen atoms in total. The van der Waals surface area contributed by atoms with Gasteiger partial charge < -0.3 is 0 Å². The number of carbonyl (C=O) groups is 1. The summed E-state index contributed by atoms with van der Waals surface area (Å²) in [5, 5.41) is 0. The van der Waals surface area contributed by atoms with E-state index in [0.717, 1.165) is 30.1 Å². The second-order valence-electron chi connectivity index (χ2n) is 7.16. The van der Waals surface area contributed by atoms with Crippen molar-refractivity contribution in [2.24, 2.45) is 29.6 Å². The number of hydrogen-bond acceptors (Lipinski definition) is 1. The Morgan fingerprint density at radius 1 is 1.00 bits per heavy atom. The van der Waals surface area contributed by atoms with Gasteiger partial charge in [-0.25, -0.2) is 0 Å². The summed E-state index contributed by atoms with van der Waals surface area (Å²) in [5.41, 5.74) is 0. The van der Waals surface area contributed by atoms with Crippen LogP contribution in [0.2, 0.25) is 0 Å². The van der Waals surface area contributed by atoms with E-state index >= 15 is 0 Å². The lowest BCUT2D eigenvalue weighted by molar-refractivity contribution is -0.124. The van der Waals surface area contributed by atoms with Gasteiger partial charge in [-0.3, -0.25) is 4.79 Å². The smallest absolute Gasteiger partial charge is 0.135 e. The molecule has 110 valence electrons. The Kier molecular flexibility index (Phi) is 5.47. The van der Waals surface area contributed by atoms with E-state index < -0.39 is 0 Å². The molecule has 0 aromatic carbocycles. The van der Waals surface area contributed by atoms with Crippen LogP contribution in [0.25, 0.3) is 0 Å². The normalized spacial score (nSPS) is 40.1. The van der Waals surface area contributed by atoms with Crippen LogP contribution in [0.1, 0.15) is 78.6 Å². The highest BCUT2D eigenvalue weighted by atomic mass is 16.1. The predicted molar refractivity (Wildman–Crippen MR) is 81.0 cm³/mol. The number of rotatable bonds is 4. The van der Waals surface area contributed by atoms with Crippen molar-refractivity contribution < 1.29 is 4.79 Å². The molecule has 0 saturated heterocycles. The Labute approximate surface area is 119 Å². The molecule has 2 aliphatic rings. The van der Waals surface area contributed by atoms with E-state index in [1.54, 1.807) is 0 Å². The third kappa shape index (κ3) is 3.61. The van der Waals surface area contributed by atoms with Crippen LogP contribution < -0.4 is 0 Å². The maximum Gasteiger partial charge on any atom is 0.135 e. The Balaban J connectivity index is 1.83. The minimum Gasteiger partial charge on any atom is -0.299 e. The number of Topliss-reactive ketones (excluding diaryl/α,β-unsaturated/α-hetero) is 1. The Morgan fingerprint density at radius 3 is 2.21 bits per heavy atom. The van der Waals surface area contributed by atoms with Crippen LogP contribution in [0.5, 0.6) is 0 Å². The molecule has 19 heavy (non-hydrogen) atoms. The van der Waals surface area contributed by atoms with Crippen molar-refractivity contribution in [1.82, 2.24) is 0 Å². The molecule has 0 radical (unpaired) electrons. The average Bonchev–Trinajstić information content (AvgIpc) is 2.46. The summed E-state index contributed by atoms with van der Waals surface area (Å²) in [7, 11) is 0. The summed E-state index contributed by atoms with van der Waals surface area (Å²) in [5.74, 6) is 4.71. The van der Waals surface area contributed by atoms with Crippen molar-refractivity contribution in [3.05, 3.63) is 0 Å². The highest BCUT2D eigenvalue weighted by molar-refractivity contribution is 5.80. The molecule has 0 aromatic rings. The first-order valence-electron chi connectivity index (χ1n) is 8.68. The van der Waals surface area contributed by atoms with Crippen LogP contribution >= 0.6 is 0 Å². The van der Waals surface area contributed by atoms with Crippen molar-refractivity contribution in [2.45, 2.75) is 78.6 Å². The fraction of sp³-hybridized carbons (Fsp3) is 0.944. The quantitative estimate of drug-likeness (QED) is 0.679. The standard InChI is InChI=1S/C18H32O/c1-4-14-6-11-17(13(3)12-14)15-7-9-16(10-8-15)18(19)5-2/h13-17H,4-12H2,1-3H3. The SMILES string of the molecule is CCC(=O)C1CCC(C2CCC(CC)CC2C)CC1. The molecule has 2 fully saturated rings. The summed E-state index contributed by atoms with van der Waals surface area (Å²) in [6.07, 6.45) is 11.5. The fourth-order valence-electron chi connectivity index (χ4n) is 4.76. The third-order valence-electron chi connectivity index (χ3n) is 6.10.